The summed E-state index contributed by atoms with van der Waals surface area (Å²) in [5.41, 5.74) is 2.44. The molecule has 0 spiro atoms. The second kappa shape index (κ2) is 6.79. The summed E-state index contributed by atoms with van der Waals surface area (Å²) in [6, 6.07) is 4.63. The lowest BCUT2D eigenvalue weighted by molar-refractivity contribution is -0.137. The first kappa shape index (κ1) is 18.2. The van der Waals surface area contributed by atoms with E-state index in [0.29, 0.717) is 23.6 Å². The van der Waals surface area contributed by atoms with Crippen LogP contribution in [0.25, 0.3) is 5.69 Å². The van der Waals surface area contributed by atoms with Crippen LogP contribution in [0.15, 0.2) is 36.7 Å². The van der Waals surface area contributed by atoms with Crippen molar-refractivity contribution in [2.45, 2.75) is 19.1 Å². The molecule has 10 heteroatoms. The van der Waals surface area contributed by atoms with Gasteiger partial charge in [-0.1, -0.05) is 0 Å². The average Bonchev–Trinajstić information content (AvgIpc) is 3.26. The van der Waals surface area contributed by atoms with Crippen molar-refractivity contribution in [3.8, 4) is 5.69 Å². The van der Waals surface area contributed by atoms with Gasteiger partial charge in [0, 0.05) is 19.2 Å². The Kier molecular flexibility index (Phi) is 4.42. The van der Waals surface area contributed by atoms with Crippen LogP contribution in [0, 0.1) is 0 Å². The van der Waals surface area contributed by atoms with Crippen LogP contribution in [0.5, 0.6) is 0 Å². The molecule has 0 fully saturated rings. The zero-order valence-electron chi connectivity index (χ0n) is 14.9. The van der Waals surface area contributed by atoms with Gasteiger partial charge in [-0.25, -0.2) is 4.68 Å². The van der Waals surface area contributed by atoms with Gasteiger partial charge in [0.1, 0.15) is 0 Å². The number of hydrogen-bond acceptors (Lipinski definition) is 4. The molecule has 1 aromatic carbocycles. The molecule has 4 rings (SSSR count). The van der Waals surface area contributed by atoms with Gasteiger partial charge in [-0.3, -0.25) is 9.48 Å². The Morgan fingerprint density at radius 1 is 1.25 bits per heavy atom. The molecule has 1 aliphatic rings. The molecule has 0 atom stereocenters. The van der Waals surface area contributed by atoms with Crippen molar-refractivity contribution in [1.82, 2.24) is 24.9 Å². The molecule has 0 aliphatic carbocycles. The van der Waals surface area contributed by atoms with Crippen molar-refractivity contribution < 1.29 is 18.0 Å². The second-order valence-electron chi connectivity index (χ2n) is 6.50. The number of fused-ring (bicyclic) bond motifs is 1. The third-order valence-electron chi connectivity index (χ3n) is 4.63. The minimum absolute atomic E-state index is 0.342. The molecule has 1 amide bonds. The Labute approximate surface area is 158 Å². The van der Waals surface area contributed by atoms with Crippen molar-refractivity contribution in [2.24, 2.45) is 7.05 Å². The molecule has 0 radical (unpaired) electrons. The van der Waals surface area contributed by atoms with Crippen LogP contribution in [0.4, 0.5) is 18.9 Å². The second-order valence-corrected chi connectivity index (χ2v) is 6.50. The van der Waals surface area contributed by atoms with Crippen LogP contribution in [-0.4, -0.2) is 32.0 Å². The maximum atomic E-state index is 12.7. The number of nitrogens with zero attached hydrogens (tertiary/aromatic N) is 4. The van der Waals surface area contributed by atoms with Gasteiger partial charge in [0.15, 0.2) is 5.69 Å². The number of hydrogen-bond donors (Lipinski definition) is 2. The lowest BCUT2D eigenvalue weighted by Gasteiger charge is -2.13. The van der Waals surface area contributed by atoms with Gasteiger partial charge in [0.05, 0.1) is 35.0 Å². The van der Waals surface area contributed by atoms with E-state index in [9.17, 15) is 18.0 Å². The first-order valence-corrected chi connectivity index (χ1v) is 8.62. The molecule has 28 heavy (non-hydrogen) atoms. The zero-order chi connectivity index (χ0) is 19.9. The Morgan fingerprint density at radius 3 is 2.71 bits per heavy atom. The molecule has 2 N–H and O–H groups in total. The number of alkyl halides is 3. The van der Waals surface area contributed by atoms with Gasteiger partial charge in [-0.05, 0) is 37.2 Å². The quantitative estimate of drug-likeness (QED) is 0.721. The fourth-order valence-corrected chi connectivity index (χ4v) is 3.21. The van der Waals surface area contributed by atoms with Crippen molar-refractivity contribution in [1.29, 1.82) is 0 Å². The monoisotopic (exact) mass is 390 g/mol. The van der Waals surface area contributed by atoms with E-state index >= 15 is 0 Å². The fraction of sp³-hybridized carbons (Fsp3) is 0.278. The molecular formula is C18H17F3N6O. The van der Waals surface area contributed by atoms with E-state index in [2.05, 4.69) is 20.8 Å². The highest BCUT2D eigenvalue weighted by Gasteiger charge is 2.30. The average molecular weight is 390 g/mol. The SMILES string of the molecule is Cn1nc(C(=O)Nc2cnn(-c3ccc(C(F)(F)F)cc3)c2)c2c1CNCC2. The largest absolute Gasteiger partial charge is 0.416 e. The third-order valence-corrected chi connectivity index (χ3v) is 4.63. The number of benzene rings is 1. The molecule has 1 aliphatic heterocycles. The van der Waals surface area contributed by atoms with Gasteiger partial charge >= 0.3 is 6.18 Å². The first-order valence-electron chi connectivity index (χ1n) is 8.62. The number of halogens is 3. The molecular weight excluding hydrogens is 373 g/mol. The van der Waals surface area contributed by atoms with Crippen LogP contribution in [-0.2, 0) is 26.2 Å². The van der Waals surface area contributed by atoms with E-state index < -0.39 is 11.7 Å². The van der Waals surface area contributed by atoms with Gasteiger partial charge in [0.25, 0.3) is 5.91 Å². The van der Waals surface area contributed by atoms with Gasteiger partial charge in [-0.2, -0.15) is 23.4 Å². The summed E-state index contributed by atoms with van der Waals surface area (Å²) in [5, 5.41) is 14.4. The van der Waals surface area contributed by atoms with Crippen LogP contribution >= 0.6 is 0 Å². The number of aromatic nitrogens is 4. The van der Waals surface area contributed by atoms with Crippen molar-refractivity contribution >= 4 is 11.6 Å². The number of amides is 1. The fourth-order valence-electron chi connectivity index (χ4n) is 3.21. The maximum absolute atomic E-state index is 12.7. The topological polar surface area (TPSA) is 76.8 Å². The highest BCUT2D eigenvalue weighted by atomic mass is 19.4. The van der Waals surface area contributed by atoms with E-state index in [1.54, 1.807) is 11.7 Å². The van der Waals surface area contributed by atoms with Crippen LogP contribution in [0.2, 0.25) is 0 Å². The summed E-state index contributed by atoms with van der Waals surface area (Å²) < 4.78 is 41.1. The van der Waals surface area contributed by atoms with E-state index in [-0.39, 0.29) is 5.91 Å². The highest BCUT2D eigenvalue weighted by molar-refractivity contribution is 6.04. The molecule has 0 saturated heterocycles. The summed E-state index contributed by atoms with van der Waals surface area (Å²) in [7, 11) is 1.80. The Hall–Kier alpha value is -3.14. The molecule has 0 unspecified atom stereocenters. The third kappa shape index (κ3) is 3.38. The molecule has 3 aromatic rings. The smallest absolute Gasteiger partial charge is 0.318 e. The Morgan fingerprint density at radius 2 is 2.00 bits per heavy atom. The minimum Gasteiger partial charge on any atom is -0.318 e. The lowest BCUT2D eigenvalue weighted by atomic mass is 10.1. The van der Waals surface area contributed by atoms with E-state index in [0.717, 1.165) is 36.4 Å². The number of nitrogens with one attached hydrogen (secondary N) is 2. The molecule has 146 valence electrons. The number of carbonyl (C=O) groups excluding carboxylic acids is 1. The van der Waals surface area contributed by atoms with E-state index in [4.69, 9.17) is 0 Å². The molecule has 0 bridgehead atoms. The predicted molar refractivity (Wildman–Crippen MR) is 95.1 cm³/mol. The van der Waals surface area contributed by atoms with Gasteiger partial charge in [0.2, 0.25) is 0 Å². The molecule has 2 aromatic heterocycles. The van der Waals surface area contributed by atoms with Crippen LogP contribution < -0.4 is 10.6 Å². The summed E-state index contributed by atoms with van der Waals surface area (Å²) in [5.74, 6) is -0.342. The highest BCUT2D eigenvalue weighted by Crippen LogP contribution is 2.29. The predicted octanol–water partition coefficient (Wildman–Crippen LogP) is 2.52. The zero-order valence-corrected chi connectivity index (χ0v) is 14.9. The minimum atomic E-state index is -4.39. The van der Waals surface area contributed by atoms with Crippen molar-refractivity contribution in [2.75, 3.05) is 11.9 Å². The summed E-state index contributed by atoms with van der Waals surface area (Å²) in [4.78, 5) is 12.6. The summed E-state index contributed by atoms with van der Waals surface area (Å²) in [6.45, 7) is 1.45. The molecule has 3 heterocycles. The number of rotatable bonds is 3. The maximum Gasteiger partial charge on any atom is 0.416 e. The normalized spacial score (nSPS) is 14.0. The Balaban J connectivity index is 1.52. The van der Waals surface area contributed by atoms with Crippen molar-refractivity contribution in [3.63, 3.8) is 0 Å². The van der Waals surface area contributed by atoms with Crippen LogP contribution in [0.1, 0.15) is 27.3 Å². The first-order chi connectivity index (χ1) is 13.3. The van der Waals surface area contributed by atoms with Gasteiger partial charge < -0.3 is 10.6 Å². The van der Waals surface area contributed by atoms with Crippen molar-refractivity contribution in [3.05, 3.63) is 59.2 Å². The summed E-state index contributed by atoms with van der Waals surface area (Å²) >= 11 is 0. The molecule has 0 saturated carbocycles. The van der Waals surface area contributed by atoms with Crippen LogP contribution in [0.3, 0.4) is 0 Å². The van der Waals surface area contributed by atoms with E-state index in [1.807, 2.05) is 0 Å². The number of anilines is 1. The number of carbonyl (C=O) groups is 1. The van der Waals surface area contributed by atoms with E-state index in [1.165, 1.54) is 29.2 Å². The summed E-state index contributed by atoms with van der Waals surface area (Å²) in [6.07, 6.45) is -0.695. The number of aryl methyl sites for hydroxylation is 1. The Bertz CT molecular complexity index is 1020. The molecule has 7 nitrogen and oxygen atoms in total. The van der Waals surface area contributed by atoms with Gasteiger partial charge in [-0.15, -0.1) is 0 Å². The standard InChI is InChI=1S/C18H17F3N6O/c1-26-15-9-22-7-6-14(15)16(25-26)17(28)24-12-8-23-27(10-12)13-4-2-11(3-5-13)18(19,20)21/h2-5,8,10,22H,6-7,9H2,1H3,(H,24,28). The lowest BCUT2D eigenvalue weighted by Crippen LogP contribution is -2.25.